The Kier molecular flexibility index (Phi) is 1.78. The predicted octanol–water partition coefficient (Wildman–Crippen LogP) is 0.586. The molecule has 1 aliphatic heterocycles. The van der Waals surface area contributed by atoms with Crippen LogP contribution >= 0.6 is 11.8 Å². The number of hydrogen-bond acceptors (Lipinski definition) is 2. The molecule has 1 saturated heterocycles. The zero-order valence-electron chi connectivity index (χ0n) is 4.81. The molecule has 1 rings (SSSR count). The van der Waals surface area contributed by atoms with Crippen LogP contribution in [0.3, 0.4) is 0 Å². The van der Waals surface area contributed by atoms with Crippen molar-refractivity contribution in [2.45, 2.75) is 18.6 Å². The van der Waals surface area contributed by atoms with Crippen molar-refractivity contribution in [2.24, 2.45) is 0 Å². The summed E-state index contributed by atoms with van der Waals surface area (Å²) >= 11 is 1.79. The lowest BCUT2D eigenvalue weighted by Gasteiger charge is -2.16. The van der Waals surface area contributed by atoms with E-state index < -0.39 is 0 Å². The molecule has 0 aliphatic carbocycles. The Morgan fingerprint density at radius 1 is 1.88 bits per heavy atom. The number of hydrogen-bond donors (Lipinski definition) is 1. The highest BCUT2D eigenvalue weighted by Crippen LogP contribution is 2.15. The second-order valence-electron chi connectivity index (χ2n) is 1.93. The summed E-state index contributed by atoms with van der Waals surface area (Å²) < 4.78 is 0. The van der Waals surface area contributed by atoms with Gasteiger partial charge in [0.05, 0.1) is 5.88 Å². The lowest BCUT2D eigenvalue weighted by molar-refractivity contribution is -0.120. The molecular formula is C5H9NOS. The smallest absolute Gasteiger partial charge is 0.221 e. The SMILES string of the molecule is CC1CC(=O)NCS1. The molecule has 0 aromatic heterocycles. The van der Waals surface area contributed by atoms with Gasteiger partial charge in [0.1, 0.15) is 0 Å². The molecule has 1 aliphatic rings. The quantitative estimate of drug-likeness (QED) is 0.521. The van der Waals surface area contributed by atoms with Crippen molar-refractivity contribution in [3.63, 3.8) is 0 Å². The lowest BCUT2D eigenvalue weighted by atomic mass is 10.3. The summed E-state index contributed by atoms with van der Waals surface area (Å²) in [6.07, 6.45) is 0.685. The molecule has 0 saturated carbocycles. The van der Waals surface area contributed by atoms with Crippen LogP contribution < -0.4 is 5.32 Å². The molecule has 1 amide bonds. The third kappa shape index (κ3) is 1.40. The molecular weight excluding hydrogens is 122 g/mol. The van der Waals surface area contributed by atoms with Crippen molar-refractivity contribution in [2.75, 3.05) is 5.88 Å². The Morgan fingerprint density at radius 3 is 3.00 bits per heavy atom. The topological polar surface area (TPSA) is 29.1 Å². The zero-order chi connectivity index (χ0) is 5.98. The number of amides is 1. The molecule has 3 heteroatoms. The molecule has 0 spiro atoms. The maximum absolute atomic E-state index is 10.5. The molecule has 2 nitrogen and oxygen atoms in total. The first-order chi connectivity index (χ1) is 3.79. The van der Waals surface area contributed by atoms with Crippen molar-refractivity contribution in [3.05, 3.63) is 0 Å². The van der Waals surface area contributed by atoms with Gasteiger partial charge in [-0.25, -0.2) is 0 Å². The molecule has 0 bridgehead atoms. The van der Waals surface area contributed by atoms with E-state index >= 15 is 0 Å². The van der Waals surface area contributed by atoms with Gasteiger partial charge in [0.25, 0.3) is 0 Å². The van der Waals surface area contributed by atoms with Gasteiger partial charge < -0.3 is 5.32 Å². The summed E-state index contributed by atoms with van der Waals surface area (Å²) in [5, 5.41) is 3.25. The molecule has 8 heavy (non-hydrogen) atoms. The number of thioether (sulfide) groups is 1. The van der Waals surface area contributed by atoms with Gasteiger partial charge in [0.15, 0.2) is 0 Å². The largest absolute Gasteiger partial charge is 0.347 e. The van der Waals surface area contributed by atoms with Crippen LogP contribution in [0.25, 0.3) is 0 Å². The summed E-state index contributed by atoms with van der Waals surface area (Å²) in [4.78, 5) is 10.5. The molecule has 1 unspecified atom stereocenters. The fourth-order valence-corrected chi connectivity index (χ4v) is 1.45. The highest BCUT2D eigenvalue weighted by Gasteiger charge is 2.13. The summed E-state index contributed by atoms with van der Waals surface area (Å²) in [5.74, 6) is 0.983. The fraction of sp³-hybridized carbons (Fsp3) is 0.800. The standard InChI is InChI=1S/C5H9NOS/c1-4-2-5(7)6-3-8-4/h4H,2-3H2,1H3,(H,6,7). The first kappa shape index (κ1) is 5.95. The Labute approximate surface area is 53.0 Å². The molecule has 1 atom stereocenters. The van der Waals surface area contributed by atoms with Crippen LogP contribution in [0.5, 0.6) is 0 Å². The van der Waals surface area contributed by atoms with Gasteiger partial charge in [-0.15, -0.1) is 11.8 Å². The molecule has 0 aromatic carbocycles. The maximum Gasteiger partial charge on any atom is 0.221 e. The minimum Gasteiger partial charge on any atom is -0.347 e. The minimum atomic E-state index is 0.191. The van der Waals surface area contributed by atoms with E-state index in [1.165, 1.54) is 0 Å². The van der Waals surface area contributed by atoms with E-state index in [0.29, 0.717) is 11.7 Å². The molecule has 1 fully saturated rings. The van der Waals surface area contributed by atoms with Gasteiger partial charge in [-0.3, -0.25) is 4.79 Å². The van der Waals surface area contributed by atoms with Crippen LogP contribution in [0, 0.1) is 0 Å². The average Bonchev–Trinajstić information content (AvgIpc) is 1.64. The number of rotatable bonds is 0. The highest BCUT2D eigenvalue weighted by atomic mass is 32.2. The van der Waals surface area contributed by atoms with Crippen LogP contribution in [0.2, 0.25) is 0 Å². The highest BCUT2D eigenvalue weighted by molar-refractivity contribution is 7.99. The Balaban J connectivity index is 2.34. The Bertz CT molecular complexity index is 105. The van der Waals surface area contributed by atoms with Crippen molar-refractivity contribution in [1.82, 2.24) is 5.32 Å². The zero-order valence-corrected chi connectivity index (χ0v) is 5.62. The number of nitrogens with one attached hydrogen (secondary N) is 1. The minimum absolute atomic E-state index is 0.191. The molecule has 1 heterocycles. The van der Waals surface area contributed by atoms with Crippen molar-refractivity contribution >= 4 is 17.7 Å². The first-order valence-electron chi connectivity index (χ1n) is 2.67. The second kappa shape index (κ2) is 2.40. The molecule has 1 N–H and O–H groups in total. The van der Waals surface area contributed by atoms with Crippen LogP contribution in [-0.2, 0) is 4.79 Å². The Hall–Kier alpha value is -0.180. The van der Waals surface area contributed by atoms with E-state index in [1.807, 2.05) is 0 Å². The van der Waals surface area contributed by atoms with Crippen LogP contribution in [0.1, 0.15) is 13.3 Å². The maximum atomic E-state index is 10.5. The average molecular weight is 131 g/mol. The summed E-state index contributed by atoms with van der Waals surface area (Å²) in [5.41, 5.74) is 0. The van der Waals surface area contributed by atoms with Crippen molar-refractivity contribution in [1.29, 1.82) is 0 Å². The molecule has 0 aromatic rings. The van der Waals surface area contributed by atoms with Crippen LogP contribution in [0.15, 0.2) is 0 Å². The van der Waals surface area contributed by atoms with E-state index in [4.69, 9.17) is 0 Å². The summed E-state index contributed by atoms with van der Waals surface area (Å²) in [6, 6.07) is 0. The summed E-state index contributed by atoms with van der Waals surface area (Å²) in [6.45, 7) is 2.07. The third-order valence-corrected chi connectivity index (χ3v) is 2.16. The Morgan fingerprint density at radius 2 is 2.62 bits per heavy atom. The van der Waals surface area contributed by atoms with E-state index in [2.05, 4.69) is 12.2 Å². The molecule has 0 radical (unpaired) electrons. The van der Waals surface area contributed by atoms with Gasteiger partial charge in [0, 0.05) is 11.7 Å². The second-order valence-corrected chi connectivity index (χ2v) is 3.35. The van der Waals surface area contributed by atoms with E-state index in [-0.39, 0.29) is 5.91 Å². The first-order valence-corrected chi connectivity index (χ1v) is 3.72. The summed E-state index contributed by atoms with van der Waals surface area (Å²) in [7, 11) is 0. The normalized spacial score (nSPS) is 29.6. The van der Waals surface area contributed by atoms with Gasteiger partial charge in [0.2, 0.25) is 5.91 Å². The van der Waals surface area contributed by atoms with Crippen LogP contribution in [0.4, 0.5) is 0 Å². The van der Waals surface area contributed by atoms with E-state index in [1.54, 1.807) is 11.8 Å². The van der Waals surface area contributed by atoms with E-state index in [9.17, 15) is 4.79 Å². The number of carbonyl (C=O) groups excluding carboxylic acids is 1. The fourth-order valence-electron chi connectivity index (χ4n) is 0.657. The number of carbonyl (C=O) groups is 1. The van der Waals surface area contributed by atoms with Gasteiger partial charge in [-0.05, 0) is 0 Å². The van der Waals surface area contributed by atoms with Gasteiger partial charge in [-0.1, -0.05) is 6.92 Å². The lowest BCUT2D eigenvalue weighted by Crippen LogP contribution is -2.31. The van der Waals surface area contributed by atoms with Gasteiger partial charge in [-0.2, -0.15) is 0 Å². The molecule has 46 valence electrons. The van der Waals surface area contributed by atoms with Crippen molar-refractivity contribution < 1.29 is 4.79 Å². The van der Waals surface area contributed by atoms with Gasteiger partial charge >= 0.3 is 0 Å². The van der Waals surface area contributed by atoms with Crippen molar-refractivity contribution in [3.8, 4) is 0 Å². The van der Waals surface area contributed by atoms with Crippen LogP contribution in [-0.4, -0.2) is 17.0 Å². The monoisotopic (exact) mass is 131 g/mol. The van der Waals surface area contributed by atoms with E-state index in [0.717, 1.165) is 5.88 Å². The third-order valence-electron chi connectivity index (χ3n) is 1.11. The predicted molar refractivity (Wildman–Crippen MR) is 34.7 cm³/mol.